The van der Waals surface area contributed by atoms with E-state index in [1.165, 1.54) is 35.6 Å². The van der Waals surface area contributed by atoms with E-state index in [0.717, 1.165) is 14.7 Å². The predicted molar refractivity (Wildman–Crippen MR) is 112 cm³/mol. The number of thiazole rings is 1. The zero-order valence-electron chi connectivity index (χ0n) is 14.9. The van der Waals surface area contributed by atoms with Crippen molar-refractivity contribution in [3.63, 3.8) is 0 Å². The molecule has 0 unspecified atom stereocenters. The standard InChI is InChI=1S/C19H16BrN3O4S/c1-27-10-9-22-16-7-6-14(20)12-17(16)28-19(22)21-18(24)8-5-13-3-2-4-15(11-13)23(25)26/h2-8,11-12H,9-10H2,1H3/b8-5+,21-19?. The van der Waals surface area contributed by atoms with Crippen molar-refractivity contribution in [2.45, 2.75) is 6.54 Å². The van der Waals surface area contributed by atoms with Gasteiger partial charge in [-0.3, -0.25) is 14.9 Å². The van der Waals surface area contributed by atoms with Gasteiger partial charge in [-0.2, -0.15) is 4.99 Å². The number of amides is 1. The molecule has 9 heteroatoms. The maximum Gasteiger partial charge on any atom is 0.272 e. The van der Waals surface area contributed by atoms with Crippen LogP contribution in [0.15, 0.2) is 58.0 Å². The molecule has 1 heterocycles. The average molecular weight is 462 g/mol. The number of nitrogens with zero attached hydrogens (tertiary/aromatic N) is 3. The molecule has 0 aliphatic rings. The van der Waals surface area contributed by atoms with Crippen LogP contribution in [0.2, 0.25) is 0 Å². The molecule has 2 aromatic carbocycles. The van der Waals surface area contributed by atoms with Crippen molar-refractivity contribution in [1.82, 2.24) is 4.57 Å². The Bertz CT molecular complexity index is 1130. The molecule has 0 fully saturated rings. The summed E-state index contributed by atoms with van der Waals surface area (Å²) >= 11 is 4.86. The predicted octanol–water partition coefficient (Wildman–Crippen LogP) is 4.16. The molecular formula is C19H16BrN3O4S. The molecule has 0 spiro atoms. The van der Waals surface area contributed by atoms with Crippen LogP contribution >= 0.6 is 27.3 Å². The van der Waals surface area contributed by atoms with Gasteiger partial charge in [-0.05, 0) is 29.8 Å². The number of benzene rings is 2. The number of nitro benzene ring substituents is 1. The minimum atomic E-state index is -0.475. The Labute approximate surface area is 172 Å². The van der Waals surface area contributed by atoms with Crippen molar-refractivity contribution < 1.29 is 14.5 Å². The Morgan fingerprint density at radius 3 is 2.93 bits per heavy atom. The molecule has 0 aliphatic carbocycles. The number of rotatable bonds is 6. The van der Waals surface area contributed by atoms with Crippen LogP contribution in [0.5, 0.6) is 0 Å². The monoisotopic (exact) mass is 461 g/mol. The number of hydrogen-bond donors (Lipinski definition) is 0. The van der Waals surface area contributed by atoms with Crippen molar-refractivity contribution in [3.8, 4) is 0 Å². The van der Waals surface area contributed by atoms with E-state index in [1.807, 2.05) is 22.8 Å². The Morgan fingerprint density at radius 1 is 1.36 bits per heavy atom. The quantitative estimate of drug-likeness (QED) is 0.313. The van der Waals surface area contributed by atoms with Gasteiger partial charge in [0.2, 0.25) is 0 Å². The average Bonchev–Trinajstić information content (AvgIpc) is 3.00. The summed E-state index contributed by atoms with van der Waals surface area (Å²) in [7, 11) is 1.62. The summed E-state index contributed by atoms with van der Waals surface area (Å²) in [5, 5.41) is 10.8. The smallest absolute Gasteiger partial charge is 0.272 e. The molecule has 0 bridgehead atoms. The SMILES string of the molecule is COCCn1c(=NC(=O)/C=C/c2cccc([N+](=O)[O-])c2)sc2cc(Br)ccc21. The van der Waals surface area contributed by atoms with E-state index in [9.17, 15) is 14.9 Å². The second kappa shape index (κ2) is 9.05. The summed E-state index contributed by atoms with van der Waals surface area (Å²) < 4.78 is 9.05. The lowest BCUT2D eigenvalue weighted by atomic mass is 10.2. The molecule has 0 radical (unpaired) electrons. The first-order valence-electron chi connectivity index (χ1n) is 8.27. The second-order valence-electron chi connectivity index (χ2n) is 5.78. The number of halogens is 1. The molecule has 0 saturated heterocycles. The Hall–Kier alpha value is -2.62. The Morgan fingerprint density at radius 2 is 2.18 bits per heavy atom. The van der Waals surface area contributed by atoms with Crippen LogP contribution in [0.25, 0.3) is 16.3 Å². The van der Waals surface area contributed by atoms with Gasteiger partial charge in [0.15, 0.2) is 4.80 Å². The number of carbonyl (C=O) groups is 1. The third-order valence-corrected chi connectivity index (χ3v) is 5.40. The highest BCUT2D eigenvalue weighted by molar-refractivity contribution is 9.10. The number of non-ortho nitro benzene ring substituents is 1. The third kappa shape index (κ3) is 4.80. The number of methoxy groups -OCH3 is 1. The van der Waals surface area contributed by atoms with E-state index in [1.54, 1.807) is 19.2 Å². The number of aromatic nitrogens is 1. The summed E-state index contributed by atoms with van der Waals surface area (Å²) in [6.07, 6.45) is 2.82. The molecule has 0 saturated carbocycles. The molecule has 3 rings (SSSR count). The van der Waals surface area contributed by atoms with Gasteiger partial charge < -0.3 is 9.30 Å². The molecule has 7 nitrogen and oxygen atoms in total. The fraction of sp³-hybridized carbons (Fsp3) is 0.158. The van der Waals surface area contributed by atoms with Crippen LogP contribution in [-0.4, -0.2) is 29.1 Å². The Kier molecular flexibility index (Phi) is 6.50. The lowest BCUT2D eigenvalue weighted by Crippen LogP contribution is -2.18. The summed E-state index contributed by atoms with van der Waals surface area (Å²) in [6, 6.07) is 11.9. The van der Waals surface area contributed by atoms with Gasteiger partial charge in [0.05, 0.1) is 21.7 Å². The fourth-order valence-corrected chi connectivity index (χ4v) is 4.19. The number of ether oxygens (including phenoxy) is 1. The molecule has 28 heavy (non-hydrogen) atoms. The normalized spacial score (nSPS) is 12.1. The van der Waals surface area contributed by atoms with Crippen molar-refractivity contribution in [2.24, 2.45) is 4.99 Å². The van der Waals surface area contributed by atoms with Crippen molar-refractivity contribution in [1.29, 1.82) is 0 Å². The van der Waals surface area contributed by atoms with E-state index in [2.05, 4.69) is 20.9 Å². The minimum absolute atomic E-state index is 0.0287. The van der Waals surface area contributed by atoms with Crippen LogP contribution in [0, 0.1) is 10.1 Å². The lowest BCUT2D eigenvalue weighted by Gasteiger charge is -2.03. The highest BCUT2D eigenvalue weighted by Gasteiger charge is 2.08. The first-order chi connectivity index (χ1) is 13.5. The maximum atomic E-state index is 12.3. The number of fused-ring (bicyclic) bond motifs is 1. The van der Waals surface area contributed by atoms with Crippen LogP contribution < -0.4 is 4.80 Å². The van der Waals surface area contributed by atoms with Crippen LogP contribution in [-0.2, 0) is 16.1 Å². The molecule has 144 valence electrons. The van der Waals surface area contributed by atoms with Gasteiger partial charge in [0.25, 0.3) is 11.6 Å². The van der Waals surface area contributed by atoms with Gasteiger partial charge in [0.1, 0.15) is 0 Å². The summed E-state index contributed by atoms with van der Waals surface area (Å²) in [5.74, 6) is -0.441. The zero-order chi connectivity index (χ0) is 20.1. The van der Waals surface area contributed by atoms with E-state index in [0.29, 0.717) is 23.5 Å². The summed E-state index contributed by atoms with van der Waals surface area (Å²) in [5.41, 5.74) is 1.50. The Balaban J connectivity index is 1.93. The van der Waals surface area contributed by atoms with Gasteiger partial charge in [-0.25, -0.2) is 0 Å². The second-order valence-corrected chi connectivity index (χ2v) is 7.70. The third-order valence-electron chi connectivity index (χ3n) is 3.87. The van der Waals surface area contributed by atoms with Gasteiger partial charge in [-0.15, -0.1) is 0 Å². The van der Waals surface area contributed by atoms with Crippen LogP contribution in [0.4, 0.5) is 5.69 Å². The highest BCUT2D eigenvalue weighted by atomic mass is 79.9. The van der Waals surface area contributed by atoms with Gasteiger partial charge in [-0.1, -0.05) is 39.4 Å². The topological polar surface area (TPSA) is 86.7 Å². The number of carbonyl (C=O) groups excluding carboxylic acids is 1. The summed E-state index contributed by atoms with van der Waals surface area (Å²) in [6.45, 7) is 1.06. The van der Waals surface area contributed by atoms with Crippen molar-refractivity contribution >= 4 is 55.2 Å². The lowest BCUT2D eigenvalue weighted by molar-refractivity contribution is -0.384. The number of hydrogen-bond acceptors (Lipinski definition) is 5. The largest absolute Gasteiger partial charge is 0.383 e. The van der Waals surface area contributed by atoms with Crippen molar-refractivity contribution in [2.75, 3.05) is 13.7 Å². The first-order valence-corrected chi connectivity index (χ1v) is 9.88. The van der Waals surface area contributed by atoms with E-state index >= 15 is 0 Å². The van der Waals surface area contributed by atoms with E-state index < -0.39 is 10.8 Å². The fourth-order valence-electron chi connectivity index (χ4n) is 2.57. The van der Waals surface area contributed by atoms with Gasteiger partial charge >= 0.3 is 0 Å². The van der Waals surface area contributed by atoms with Gasteiger partial charge in [0, 0.05) is 36.3 Å². The molecular weight excluding hydrogens is 446 g/mol. The summed E-state index contributed by atoms with van der Waals surface area (Å²) in [4.78, 5) is 27.5. The van der Waals surface area contributed by atoms with E-state index in [4.69, 9.17) is 4.74 Å². The van der Waals surface area contributed by atoms with Crippen molar-refractivity contribution in [3.05, 3.63) is 73.5 Å². The van der Waals surface area contributed by atoms with Crippen LogP contribution in [0.1, 0.15) is 5.56 Å². The maximum absolute atomic E-state index is 12.3. The molecule has 3 aromatic rings. The number of nitro groups is 1. The molecule has 1 aromatic heterocycles. The van der Waals surface area contributed by atoms with Crippen LogP contribution in [0.3, 0.4) is 0 Å². The van der Waals surface area contributed by atoms with E-state index in [-0.39, 0.29) is 5.69 Å². The zero-order valence-corrected chi connectivity index (χ0v) is 17.3. The molecule has 0 N–H and O–H groups in total. The minimum Gasteiger partial charge on any atom is -0.383 e. The molecule has 0 atom stereocenters. The first kappa shape index (κ1) is 20.1. The molecule has 0 aliphatic heterocycles. The highest BCUT2D eigenvalue weighted by Crippen LogP contribution is 2.22. The molecule has 1 amide bonds.